The summed E-state index contributed by atoms with van der Waals surface area (Å²) in [5, 5.41) is 12.3. The van der Waals surface area contributed by atoms with Gasteiger partial charge in [-0.3, -0.25) is 9.69 Å². The number of rotatable bonds is 7. The van der Waals surface area contributed by atoms with Crippen molar-refractivity contribution in [1.82, 2.24) is 4.90 Å². The van der Waals surface area contributed by atoms with Gasteiger partial charge < -0.3 is 19.9 Å². The molecular weight excluding hydrogens is 332 g/mol. The zero-order valence-electron chi connectivity index (χ0n) is 15.0. The van der Waals surface area contributed by atoms with Crippen molar-refractivity contribution >= 4 is 12.1 Å². The minimum Gasteiger partial charge on any atom is -0.506 e. The van der Waals surface area contributed by atoms with Crippen molar-refractivity contribution in [3.05, 3.63) is 53.6 Å². The summed E-state index contributed by atoms with van der Waals surface area (Å²) in [6.45, 7) is 3.51. The summed E-state index contributed by atoms with van der Waals surface area (Å²) in [5.41, 5.74) is 2.58. The van der Waals surface area contributed by atoms with Crippen molar-refractivity contribution in [2.45, 2.75) is 25.5 Å². The van der Waals surface area contributed by atoms with E-state index in [9.17, 15) is 9.90 Å². The first kappa shape index (κ1) is 18.2. The van der Waals surface area contributed by atoms with Gasteiger partial charge in [-0.2, -0.15) is 0 Å². The van der Waals surface area contributed by atoms with Crippen molar-refractivity contribution in [2.75, 3.05) is 25.7 Å². The van der Waals surface area contributed by atoms with Gasteiger partial charge >= 0.3 is 0 Å². The van der Waals surface area contributed by atoms with Crippen molar-refractivity contribution in [2.24, 2.45) is 0 Å². The summed E-state index contributed by atoms with van der Waals surface area (Å²) in [7, 11) is 1.67. The molecule has 2 aromatic carbocycles. The van der Waals surface area contributed by atoms with Crippen LogP contribution in [0.2, 0.25) is 0 Å². The third-order valence-corrected chi connectivity index (χ3v) is 4.76. The van der Waals surface area contributed by atoms with Gasteiger partial charge in [-0.25, -0.2) is 0 Å². The van der Waals surface area contributed by atoms with Gasteiger partial charge in [-0.1, -0.05) is 18.2 Å². The van der Waals surface area contributed by atoms with E-state index in [0.29, 0.717) is 24.9 Å². The van der Waals surface area contributed by atoms with Gasteiger partial charge in [0.2, 0.25) is 6.41 Å². The van der Waals surface area contributed by atoms with Crippen LogP contribution in [0, 0.1) is 0 Å². The molecule has 1 saturated heterocycles. The van der Waals surface area contributed by atoms with E-state index in [4.69, 9.17) is 9.47 Å². The minimum atomic E-state index is -0.0823. The SMILES string of the molecule is COc1ccc(CC(C)N2COC(c3ccc(O)c(NC=O)c3)C2)cc1. The predicted octanol–water partition coefficient (Wildman–Crippen LogP) is 2.93. The fourth-order valence-electron chi connectivity index (χ4n) is 3.18. The van der Waals surface area contributed by atoms with Crippen LogP contribution >= 0.6 is 0 Å². The highest BCUT2D eigenvalue weighted by atomic mass is 16.5. The monoisotopic (exact) mass is 356 g/mol. The van der Waals surface area contributed by atoms with Crippen LogP contribution in [0.1, 0.15) is 24.2 Å². The Kier molecular flexibility index (Phi) is 5.75. The average molecular weight is 356 g/mol. The highest BCUT2D eigenvalue weighted by Crippen LogP contribution is 2.32. The maximum Gasteiger partial charge on any atom is 0.211 e. The number of carbonyl (C=O) groups excluding carboxylic acids is 1. The third kappa shape index (κ3) is 4.15. The standard InChI is InChI=1S/C20H24N2O4/c1-14(9-15-3-6-17(25-2)7-4-15)22-11-20(26-13-22)16-5-8-19(24)18(10-16)21-12-23/h3-8,10,12,14,20,24H,9,11,13H2,1-2H3,(H,21,23). The van der Waals surface area contributed by atoms with Crippen LogP contribution in [0.25, 0.3) is 0 Å². The molecule has 1 heterocycles. The number of carbonyl (C=O) groups is 1. The maximum atomic E-state index is 10.6. The van der Waals surface area contributed by atoms with Crippen LogP contribution in [-0.4, -0.2) is 42.8 Å². The summed E-state index contributed by atoms with van der Waals surface area (Å²) in [6.07, 6.45) is 1.40. The fraction of sp³-hybridized carbons (Fsp3) is 0.350. The number of aromatic hydroxyl groups is 1. The average Bonchev–Trinajstić information content (AvgIpc) is 3.15. The van der Waals surface area contributed by atoms with Crippen LogP contribution in [0.15, 0.2) is 42.5 Å². The summed E-state index contributed by atoms with van der Waals surface area (Å²) in [4.78, 5) is 12.9. The highest BCUT2D eigenvalue weighted by molar-refractivity contribution is 5.75. The van der Waals surface area contributed by atoms with Crippen molar-refractivity contribution in [1.29, 1.82) is 0 Å². The number of hydrogen-bond donors (Lipinski definition) is 2. The first-order valence-corrected chi connectivity index (χ1v) is 8.62. The second-order valence-electron chi connectivity index (χ2n) is 6.50. The molecule has 0 aromatic heterocycles. The molecule has 2 atom stereocenters. The van der Waals surface area contributed by atoms with E-state index in [2.05, 4.69) is 29.3 Å². The van der Waals surface area contributed by atoms with E-state index in [1.54, 1.807) is 19.2 Å². The van der Waals surface area contributed by atoms with Gasteiger partial charge in [0.1, 0.15) is 18.2 Å². The molecule has 0 radical (unpaired) electrons. The first-order chi connectivity index (χ1) is 12.6. The van der Waals surface area contributed by atoms with Crippen LogP contribution in [-0.2, 0) is 16.0 Å². The second-order valence-corrected chi connectivity index (χ2v) is 6.50. The van der Waals surface area contributed by atoms with Crippen LogP contribution in [0.5, 0.6) is 11.5 Å². The molecule has 0 bridgehead atoms. The smallest absolute Gasteiger partial charge is 0.211 e. The van der Waals surface area contributed by atoms with Gasteiger partial charge in [0.05, 0.1) is 18.9 Å². The number of nitrogens with zero attached hydrogens (tertiary/aromatic N) is 1. The number of methoxy groups -OCH3 is 1. The Balaban J connectivity index is 1.62. The quantitative estimate of drug-likeness (QED) is 0.590. The molecule has 138 valence electrons. The molecule has 1 aliphatic heterocycles. The largest absolute Gasteiger partial charge is 0.506 e. The number of anilines is 1. The van der Waals surface area contributed by atoms with Gasteiger partial charge in [0.15, 0.2) is 0 Å². The molecule has 2 aromatic rings. The van der Waals surface area contributed by atoms with E-state index in [-0.39, 0.29) is 11.9 Å². The molecule has 0 saturated carbocycles. The molecule has 1 fully saturated rings. The summed E-state index contributed by atoms with van der Waals surface area (Å²) in [6, 6.07) is 13.6. The fourth-order valence-corrected chi connectivity index (χ4v) is 3.18. The van der Waals surface area contributed by atoms with Crippen LogP contribution in [0.3, 0.4) is 0 Å². The maximum absolute atomic E-state index is 10.6. The molecule has 2 unspecified atom stereocenters. The highest BCUT2D eigenvalue weighted by Gasteiger charge is 2.28. The van der Waals surface area contributed by atoms with E-state index in [1.165, 1.54) is 5.56 Å². The number of amides is 1. The molecular formula is C20H24N2O4. The lowest BCUT2D eigenvalue weighted by atomic mass is 10.0. The molecule has 0 spiro atoms. The Labute approximate surface area is 153 Å². The normalized spacial score (nSPS) is 18.5. The van der Waals surface area contributed by atoms with E-state index >= 15 is 0 Å². The number of phenolic OH excluding ortho intramolecular Hbond substituents is 1. The molecule has 2 N–H and O–H groups in total. The molecule has 6 nitrogen and oxygen atoms in total. The topological polar surface area (TPSA) is 71.0 Å². The van der Waals surface area contributed by atoms with Crippen molar-refractivity contribution in [3.63, 3.8) is 0 Å². The zero-order valence-corrected chi connectivity index (χ0v) is 15.0. The lowest BCUT2D eigenvalue weighted by Gasteiger charge is -2.22. The molecule has 1 amide bonds. The van der Waals surface area contributed by atoms with E-state index < -0.39 is 0 Å². The zero-order chi connectivity index (χ0) is 18.5. The molecule has 26 heavy (non-hydrogen) atoms. The first-order valence-electron chi connectivity index (χ1n) is 8.62. The molecule has 0 aliphatic carbocycles. The van der Waals surface area contributed by atoms with Crippen molar-refractivity contribution < 1.29 is 19.4 Å². The lowest BCUT2D eigenvalue weighted by molar-refractivity contribution is -0.105. The summed E-state index contributed by atoms with van der Waals surface area (Å²) < 4.78 is 11.1. The number of ether oxygens (including phenoxy) is 2. The Morgan fingerprint density at radius 3 is 2.81 bits per heavy atom. The van der Waals surface area contributed by atoms with Gasteiger partial charge in [-0.05, 0) is 48.7 Å². The Morgan fingerprint density at radius 1 is 1.35 bits per heavy atom. The Morgan fingerprint density at radius 2 is 2.12 bits per heavy atom. The Bertz CT molecular complexity index is 748. The summed E-state index contributed by atoms with van der Waals surface area (Å²) >= 11 is 0. The van der Waals surface area contributed by atoms with Crippen LogP contribution in [0.4, 0.5) is 5.69 Å². The van der Waals surface area contributed by atoms with E-state index in [0.717, 1.165) is 24.3 Å². The number of hydrogen-bond acceptors (Lipinski definition) is 5. The Hall–Kier alpha value is -2.57. The number of phenols is 1. The second kappa shape index (κ2) is 8.21. The van der Waals surface area contributed by atoms with Gasteiger partial charge in [0.25, 0.3) is 0 Å². The van der Waals surface area contributed by atoms with Crippen molar-refractivity contribution in [3.8, 4) is 11.5 Å². The number of nitrogens with one attached hydrogen (secondary N) is 1. The van der Waals surface area contributed by atoms with Gasteiger partial charge in [0, 0.05) is 12.6 Å². The third-order valence-electron chi connectivity index (χ3n) is 4.76. The molecule has 3 rings (SSSR count). The predicted molar refractivity (Wildman–Crippen MR) is 99.4 cm³/mol. The van der Waals surface area contributed by atoms with Gasteiger partial charge in [-0.15, -0.1) is 0 Å². The number of benzene rings is 2. The van der Waals surface area contributed by atoms with E-state index in [1.807, 2.05) is 18.2 Å². The summed E-state index contributed by atoms with van der Waals surface area (Å²) in [5.74, 6) is 0.904. The lowest BCUT2D eigenvalue weighted by Crippen LogP contribution is -2.32. The minimum absolute atomic E-state index is 0.0450. The molecule has 6 heteroatoms. The van der Waals surface area contributed by atoms with Crippen LogP contribution < -0.4 is 10.1 Å². The molecule has 1 aliphatic rings.